The number of hydrogen-bond donors (Lipinski definition) is 2. The van der Waals surface area contributed by atoms with Crippen LogP contribution in [0.2, 0.25) is 5.02 Å². The molecule has 2 N–H and O–H groups in total. The largest absolute Gasteiger partial charge is 0.506 e. The van der Waals surface area contributed by atoms with Crippen molar-refractivity contribution in [2.24, 2.45) is 0 Å². The molecule has 0 spiro atoms. The van der Waals surface area contributed by atoms with Crippen LogP contribution in [0, 0.1) is 0 Å². The topological polar surface area (TPSA) is 49.3 Å². The molecule has 0 aliphatic carbocycles. The van der Waals surface area contributed by atoms with Crippen LogP contribution >= 0.6 is 35.6 Å². The second-order valence-corrected chi connectivity index (χ2v) is 5.16. The lowest BCUT2D eigenvalue weighted by molar-refractivity contribution is -0.115. The molecule has 0 unspecified atom stereocenters. The Morgan fingerprint density at radius 3 is 2.88 bits per heavy atom. The van der Waals surface area contributed by atoms with E-state index in [0.29, 0.717) is 14.8 Å². The van der Waals surface area contributed by atoms with Gasteiger partial charge in [-0.3, -0.25) is 4.79 Å². The first-order chi connectivity index (χ1) is 7.58. The van der Waals surface area contributed by atoms with Crippen LogP contribution in [-0.4, -0.2) is 15.3 Å². The van der Waals surface area contributed by atoms with Gasteiger partial charge in [0.05, 0.1) is 9.93 Å². The zero-order valence-electron chi connectivity index (χ0n) is 7.86. The molecule has 1 heterocycles. The van der Waals surface area contributed by atoms with Gasteiger partial charge in [0, 0.05) is 5.56 Å². The van der Waals surface area contributed by atoms with E-state index in [1.54, 1.807) is 24.3 Å². The first kappa shape index (κ1) is 11.4. The van der Waals surface area contributed by atoms with Crippen molar-refractivity contribution >= 4 is 51.9 Å². The van der Waals surface area contributed by atoms with E-state index in [1.807, 2.05) is 0 Å². The van der Waals surface area contributed by atoms with Crippen LogP contribution in [0.25, 0.3) is 6.08 Å². The number of thioether (sulfide) groups is 1. The molecule has 6 heteroatoms. The maximum Gasteiger partial charge on any atom is 0.263 e. The highest BCUT2D eigenvalue weighted by Crippen LogP contribution is 2.32. The number of phenols is 1. The number of hydrogen-bond acceptors (Lipinski definition) is 4. The van der Waals surface area contributed by atoms with E-state index in [-0.39, 0.29) is 16.7 Å². The Morgan fingerprint density at radius 2 is 2.25 bits per heavy atom. The van der Waals surface area contributed by atoms with Gasteiger partial charge in [0.2, 0.25) is 0 Å². The Balaban J connectivity index is 2.40. The highest BCUT2D eigenvalue weighted by Gasteiger charge is 2.22. The van der Waals surface area contributed by atoms with Crippen molar-refractivity contribution in [2.45, 2.75) is 0 Å². The molecule has 1 saturated heterocycles. The first-order valence-corrected chi connectivity index (χ1v) is 5.90. The fraction of sp³-hybridized carbons (Fsp3) is 0. The molecular formula is C10H6ClNO2S2. The predicted octanol–water partition coefficient (Wildman–Crippen LogP) is 2.53. The van der Waals surface area contributed by atoms with Gasteiger partial charge in [-0.1, -0.05) is 47.7 Å². The molecule has 82 valence electrons. The SMILES string of the molecule is O=C1NC(=S)S/C1=C/c1cccc(Cl)c1O. The molecule has 1 amide bonds. The summed E-state index contributed by atoms with van der Waals surface area (Å²) in [6.07, 6.45) is 1.56. The van der Waals surface area contributed by atoms with E-state index in [0.717, 1.165) is 11.8 Å². The monoisotopic (exact) mass is 271 g/mol. The molecule has 1 aromatic rings. The van der Waals surface area contributed by atoms with E-state index in [4.69, 9.17) is 23.8 Å². The van der Waals surface area contributed by atoms with Crippen molar-refractivity contribution < 1.29 is 9.90 Å². The lowest BCUT2D eigenvalue weighted by atomic mass is 10.2. The van der Waals surface area contributed by atoms with E-state index in [1.165, 1.54) is 0 Å². The van der Waals surface area contributed by atoms with Crippen molar-refractivity contribution in [2.75, 3.05) is 0 Å². The van der Waals surface area contributed by atoms with Crippen molar-refractivity contribution in [1.82, 2.24) is 5.32 Å². The third kappa shape index (κ3) is 2.21. The molecule has 2 rings (SSSR count). The summed E-state index contributed by atoms with van der Waals surface area (Å²) in [5, 5.41) is 12.4. The van der Waals surface area contributed by atoms with Crippen LogP contribution in [0.1, 0.15) is 5.56 Å². The number of nitrogens with one attached hydrogen (secondary N) is 1. The third-order valence-corrected chi connectivity index (χ3v) is 3.41. The van der Waals surface area contributed by atoms with Crippen molar-refractivity contribution in [1.29, 1.82) is 0 Å². The Labute approximate surface area is 106 Å². The number of para-hydroxylation sites is 1. The highest BCUT2D eigenvalue weighted by atomic mass is 35.5. The predicted molar refractivity (Wildman–Crippen MR) is 69.4 cm³/mol. The molecule has 1 aliphatic rings. The average Bonchev–Trinajstić information content (AvgIpc) is 2.53. The number of rotatable bonds is 1. The van der Waals surface area contributed by atoms with Crippen LogP contribution in [0.15, 0.2) is 23.1 Å². The van der Waals surface area contributed by atoms with Crippen LogP contribution in [0.3, 0.4) is 0 Å². The Bertz CT molecular complexity index is 514. The van der Waals surface area contributed by atoms with Gasteiger partial charge in [-0.2, -0.15) is 0 Å². The molecule has 3 nitrogen and oxygen atoms in total. The third-order valence-electron chi connectivity index (χ3n) is 1.95. The van der Waals surface area contributed by atoms with Crippen molar-refractivity contribution in [3.63, 3.8) is 0 Å². The van der Waals surface area contributed by atoms with Crippen LogP contribution in [-0.2, 0) is 4.79 Å². The second kappa shape index (κ2) is 4.45. The maximum absolute atomic E-state index is 11.4. The number of aromatic hydroxyl groups is 1. The van der Waals surface area contributed by atoms with Crippen LogP contribution < -0.4 is 5.32 Å². The summed E-state index contributed by atoms with van der Waals surface area (Å²) in [6.45, 7) is 0. The number of amides is 1. The standard InChI is InChI=1S/C10H6ClNO2S2/c11-6-3-1-2-5(8(6)13)4-7-9(14)12-10(15)16-7/h1-4,13H,(H,12,14,15)/b7-4+. The molecule has 0 bridgehead atoms. The van der Waals surface area contributed by atoms with Gasteiger partial charge < -0.3 is 10.4 Å². The second-order valence-electron chi connectivity index (χ2n) is 3.03. The summed E-state index contributed by atoms with van der Waals surface area (Å²) in [5.41, 5.74) is 0.495. The molecule has 1 aromatic carbocycles. The van der Waals surface area contributed by atoms with E-state index >= 15 is 0 Å². The van der Waals surface area contributed by atoms with E-state index < -0.39 is 0 Å². The highest BCUT2D eigenvalue weighted by molar-refractivity contribution is 8.26. The number of benzene rings is 1. The van der Waals surface area contributed by atoms with Gasteiger partial charge in [-0.25, -0.2) is 0 Å². The first-order valence-electron chi connectivity index (χ1n) is 4.30. The lowest BCUT2D eigenvalue weighted by Crippen LogP contribution is -2.17. The van der Waals surface area contributed by atoms with Gasteiger partial charge in [0.1, 0.15) is 10.1 Å². The molecule has 0 aromatic heterocycles. The van der Waals surface area contributed by atoms with Gasteiger partial charge in [0.15, 0.2) is 0 Å². The van der Waals surface area contributed by atoms with Gasteiger partial charge >= 0.3 is 0 Å². The molecule has 0 saturated carbocycles. The number of thiocarbonyl (C=S) groups is 1. The molecule has 0 atom stereocenters. The van der Waals surface area contributed by atoms with E-state index in [9.17, 15) is 9.90 Å². The van der Waals surface area contributed by atoms with Crippen LogP contribution in [0.5, 0.6) is 5.75 Å². The number of carbonyl (C=O) groups is 1. The normalized spacial score (nSPS) is 17.9. The molecule has 16 heavy (non-hydrogen) atoms. The van der Waals surface area contributed by atoms with Crippen LogP contribution in [0.4, 0.5) is 0 Å². The fourth-order valence-corrected chi connectivity index (χ4v) is 2.43. The van der Waals surface area contributed by atoms with Crippen molar-refractivity contribution in [3.05, 3.63) is 33.7 Å². The van der Waals surface area contributed by atoms with Crippen molar-refractivity contribution in [3.8, 4) is 5.75 Å². The zero-order valence-corrected chi connectivity index (χ0v) is 10.2. The Morgan fingerprint density at radius 1 is 1.50 bits per heavy atom. The summed E-state index contributed by atoms with van der Waals surface area (Å²) in [4.78, 5) is 11.8. The molecule has 1 fully saturated rings. The van der Waals surface area contributed by atoms with Gasteiger partial charge in [0.25, 0.3) is 5.91 Å². The summed E-state index contributed by atoms with van der Waals surface area (Å²) in [6, 6.07) is 4.94. The fourth-order valence-electron chi connectivity index (χ4n) is 1.21. The summed E-state index contributed by atoms with van der Waals surface area (Å²) in [5.74, 6) is -0.294. The van der Waals surface area contributed by atoms with Gasteiger partial charge in [-0.15, -0.1) is 0 Å². The summed E-state index contributed by atoms with van der Waals surface area (Å²) in [7, 11) is 0. The number of halogens is 1. The molecular weight excluding hydrogens is 266 g/mol. The number of carbonyl (C=O) groups excluding carboxylic acids is 1. The zero-order chi connectivity index (χ0) is 11.7. The minimum absolute atomic E-state index is 0.0390. The Hall–Kier alpha value is -1.04. The minimum atomic E-state index is -0.255. The smallest absolute Gasteiger partial charge is 0.263 e. The quantitative estimate of drug-likeness (QED) is 0.609. The molecule has 0 radical (unpaired) electrons. The van der Waals surface area contributed by atoms with Gasteiger partial charge in [-0.05, 0) is 12.1 Å². The lowest BCUT2D eigenvalue weighted by Gasteiger charge is -2.01. The van der Waals surface area contributed by atoms with E-state index in [2.05, 4.69) is 5.32 Å². The maximum atomic E-state index is 11.4. The molecule has 1 aliphatic heterocycles. The minimum Gasteiger partial charge on any atom is -0.506 e. The summed E-state index contributed by atoms with van der Waals surface area (Å²) < 4.78 is 0.415. The summed E-state index contributed by atoms with van der Waals surface area (Å²) >= 11 is 11.8. The average molecular weight is 272 g/mol. The Kier molecular flexibility index (Phi) is 3.18. The number of phenolic OH excluding ortho intramolecular Hbond substituents is 1.